The Hall–Kier alpha value is -4.59. The van der Waals surface area contributed by atoms with Gasteiger partial charge in [-0.15, -0.1) is 5.10 Å². The summed E-state index contributed by atoms with van der Waals surface area (Å²) in [6, 6.07) is 23.5. The minimum absolute atomic E-state index is 0.273. The van der Waals surface area contributed by atoms with Crippen LogP contribution in [0.5, 0.6) is 0 Å². The molecular weight excluding hydrogens is 452 g/mol. The van der Waals surface area contributed by atoms with Crippen molar-refractivity contribution in [2.45, 2.75) is 32.7 Å². The van der Waals surface area contributed by atoms with Gasteiger partial charge in [0.25, 0.3) is 0 Å². The second-order valence-corrected chi connectivity index (χ2v) is 8.59. The Bertz CT molecular complexity index is 1470. The van der Waals surface area contributed by atoms with E-state index in [1.54, 1.807) is 18.3 Å². The molecule has 0 aliphatic heterocycles. The number of tetrazole rings is 1. The lowest BCUT2D eigenvalue weighted by atomic mass is 9.98. The first-order valence-electron chi connectivity index (χ1n) is 11.9. The zero-order chi connectivity index (χ0) is 24.9. The van der Waals surface area contributed by atoms with Gasteiger partial charge in [0, 0.05) is 24.1 Å². The van der Waals surface area contributed by atoms with Gasteiger partial charge in [-0.25, -0.2) is 14.9 Å². The highest BCUT2D eigenvalue weighted by Crippen LogP contribution is 2.31. The molecule has 8 nitrogen and oxygen atoms in total. The molecule has 0 spiro atoms. The average Bonchev–Trinajstić information content (AvgIpc) is 3.58. The van der Waals surface area contributed by atoms with Crippen LogP contribution in [0.4, 0.5) is 0 Å². The molecule has 2 aromatic heterocycles. The molecule has 36 heavy (non-hydrogen) atoms. The standard InChI is InChI=1S/C28H26N6O2/c1-2-3-12-26-29-17-25(22-9-5-7-11-24(22)28(35)36)34(26)18-19-13-15-20(16-14-19)21-8-4-6-10-23(21)27-30-32-33-31-27/h4-11,13-17H,2-3,12,18H2,1H3,(H,35,36)(H,30,31,32,33). The molecule has 3 aromatic carbocycles. The molecule has 180 valence electrons. The first-order chi connectivity index (χ1) is 17.7. The number of nitrogens with one attached hydrogen (secondary N) is 1. The minimum Gasteiger partial charge on any atom is -0.478 e. The number of carboxylic acid groups (broad SMARTS) is 1. The van der Waals surface area contributed by atoms with Gasteiger partial charge in [-0.05, 0) is 39.6 Å². The Labute approximate surface area is 208 Å². The average molecular weight is 479 g/mol. The Morgan fingerprint density at radius 3 is 2.36 bits per heavy atom. The molecule has 0 unspecified atom stereocenters. The zero-order valence-electron chi connectivity index (χ0n) is 19.9. The summed E-state index contributed by atoms with van der Waals surface area (Å²) in [5, 5.41) is 24.0. The maximum Gasteiger partial charge on any atom is 0.336 e. The van der Waals surface area contributed by atoms with Gasteiger partial charge in [0.15, 0.2) is 5.82 Å². The number of carboxylic acids is 1. The van der Waals surface area contributed by atoms with Crippen LogP contribution in [-0.4, -0.2) is 41.3 Å². The van der Waals surface area contributed by atoms with Crippen molar-refractivity contribution in [2.24, 2.45) is 0 Å². The monoisotopic (exact) mass is 478 g/mol. The van der Waals surface area contributed by atoms with E-state index in [1.807, 2.05) is 36.4 Å². The number of imidazole rings is 1. The van der Waals surface area contributed by atoms with Crippen LogP contribution in [0.1, 0.15) is 41.5 Å². The van der Waals surface area contributed by atoms with E-state index in [9.17, 15) is 9.90 Å². The molecule has 0 aliphatic carbocycles. The third-order valence-electron chi connectivity index (χ3n) is 6.26. The van der Waals surface area contributed by atoms with Gasteiger partial charge in [-0.2, -0.15) is 0 Å². The Morgan fingerprint density at radius 1 is 0.944 bits per heavy atom. The highest BCUT2D eigenvalue weighted by atomic mass is 16.4. The predicted molar refractivity (Wildman–Crippen MR) is 137 cm³/mol. The van der Waals surface area contributed by atoms with Crippen LogP contribution in [0.2, 0.25) is 0 Å². The van der Waals surface area contributed by atoms with E-state index in [-0.39, 0.29) is 5.56 Å². The van der Waals surface area contributed by atoms with Gasteiger partial charge in [0.2, 0.25) is 0 Å². The number of aromatic carboxylic acids is 1. The number of unbranched alkanes of at least 4 members (excludes halogenated alkanes) is 1. The van der Waals surface area contributed by atoms with Crippen LogP contribution < -0.4 is 0 Å². The number of benzene rings is 3. The van der Waals surface area contributed by atoms with E-state index in [1.165, 1.54) is 0 Å². The molecule has 0 amide bonds. The van der Waals surface area contributed by atoms with Crippen LogP contribution in [0.3, 0.4) is 0 Å². The molecule has 2 N–H and O–H groups in total. The molecule has 0 aliphatic rings. The maximum absolute atomic E-state index is 11.9. The van der Waals surface area contributed by atoms with Crippen molar-refractivity contribution in [2.75, 3.05) is 0 Å². The van der Waals surface area contributed by atoms with Crippen molar-refractivity contribution in [3.05, 3.63) is 95.9 Å². The number of aromatic nitrogens is 6. The molecule has 0 saturated carbocycles. The Kier molecular flexibility index (Phi) is 6.66. The minimum atomic E-state index is -0.946. The van der Waals surface area contributed by atoms with Crippen molar-refractivity contribution in [1.29, 1.82) is 0 Å². The van der Waals surface area contributed by atoms with Gasteiger partial charge in [-0.3, -0.25) is 0 Å². The summed E-state index contributed by atoms with van der Waals surface area (Å²) >= 11 is 0. The van der Waals surface area contributed by atoms with Gasteiger partial charge >= 0.3 is 5.97 Å². The smallest absolute Gasteiger partial charge is 0.336 e. The number of nitrogens with zero attached hydrogens (tertiary/aromatic N) is 5. The number of rotatable bonds is 9. The van der Waals surface area contributed by atoms with E-state index in [0.29, 0.717) is 17.9 Å². The molecule has 5 aromatic rings. The van der Waals surface area contributed by atoms with E-state index < -0.39 is 5.97 Å². The lowest BCUT2D eigenvalue weighted by Gasteiger charge is -2.15. The summed E-state index contributed by atoms with van der Waals surface area (Å²) in [5.41, 5.74) is 5.87. The summed E-state index contributed by atoms with van der Waals surface area (Å²) in [7, 11) is 0. The van der Waals surface area contributed by atoms with Crippen LogP contribution in [0.25, 0.3) is 33.8 Å². The molecule has 0 fully saturated rings. The van der Waals surface area contributed by atoms with Gasteiger partial charge < -0.3 is 9.67 Å². The summed E-state index contributed by atoms with van der Waals surface area (Å²) < 4.78 is 2.14. The van der Waals surface area contributed by atoms with Gasteiger partial charge in [0.05, 0.1) is 17.5 Å². The topological polar surface area (TPSA) is 110 Å². The van der Waals surface area contributed by atoms with E-state index in [4.69, 9.17) is 0 Å². The first kappa shape index (κ1) is 23.2. The predicted octanol–water partition coefficient (Wildman–Crippen LogP) is 5.49. The first-order valence-corrected chi connectivity index (χ1v) is 11.9. The normalized spacial score (nSPS) is 11.0. The fourth-order valence-electron chi connectivity index (χ4n) is 4.42. The van der Waals surface area contributed by atoms with Crippen molar-refractivity contribution in [1.82, 2.24) is 30.2 Å². The third-order valence-corrected chi connectivity index (χ3v) is 6.26. The molecular formula is C28H26N6O2. The summed E-state index contributed by atoms with van der Waals surface area (Å²) in [6.07, 6.45) is 4.71. The highest BCUT2D eigenvalue weighted by Gasteiger charge is 2.18. The van der Waals surface area contributed by atoms with E-state index >= 15 is 0 Å². The molecule has 0 atom stereocenters. The number of aromatic amines is 1. The SMILES string of the molecule is CCCCc1ncc(-c2ccccc2C(=O)O)n1Cc1ccc(-c2ccccc2-c2nnn[nH]2)cc1. The number of carbonyl (C=O) groups is 1. The zero-order valence-corrected chi connectivity index (χ0v) is 19.9. The number of aryl methyl sites for hydroxylation is 1. The van der Waals surface area contributed by atoms with E-state index in [2.05, 4.69) is 61.4 Å². The molecule has 0 radical (unpaired) electrons. The second kappa shape index (κ2) is 10.4. The van der Waals surface area contributed by atoms with Gasteiger partial charge in [0.1, 0.15) is 5.82 Å². The van der Waals surface area contributed by atoms with E-state index in [0.717, 1.165) is 53.0 Å². The van der Waals surface area contributed by atoms with Crippen LogP contribution >= 0.6 is 0 Å². The van der Waals surface area contributed by atoms with Crippen molar-refractivity contribution in [3.63, 3.8) is 0 Å². The quantitative estimate of drug-likeness (QED) is 0.290. The number of hydrogen-bond donors (Lipinski definition) is 2. The summed E-state index contributed by atoms with van der Waals surface area (Å²) in [5.74, 6) is 0.633. The Morgan fingerprint density at radius 2 is 1.67 bits per heavy atom. The molecule has 5 rings (SSSR count). The lowest BCUT2D eigenvalue weighted by molar-refractivity contribution is 0.0697. The highest BCUT2D eigenvalue weighted by molar-refractivity contribution is 5.95. The van der Waals surface area contributed by atoms with Gasteiger partial charge in [-0.1, -0.05) is 80.1 Å². The lowest BCUT2D eigenvalue weighted by Crippen LogP contribution is -2.09. The summed E-state index contributed by atoms with van der Waals surface area (Å²) in [6.45, 7) is 2.75. The number of hydrogen-bond acceptors (Lipinski definition) is 5. The fraction of sp³-hybridized carbons (Fsp3) is 0.179. The molecule has 2 heterocycles. The second-order valence-electron chi connectivity index (χ2n) is 8.59. The molecule has 0 bridgehead atoms. The maximum atomic E-state index is 11.9. The molecule has 8 heteroatoms. The van der Waals surface area contributed by atoms with Crippen LogP contribution in [-0.2, 0) is 13.0 Å². The third kappa shape index (κ3) is 4.65. The number of H-pyrrole nitrogens is 1. The summed E-state index contributed by atoms with van der Waals surface area (Å²) in [4.78, 5) is 16.6. The van der Waals surface area contributed by atoms with Crippen LogP contribution in [0, 0.1) is 0 Å². The van der Waals surface area contributed by atoms with Crippen LogP contribution in [0.15, 0.2) is 79.0 Å². The van der Waals surface area contributed by atoms with Crippen molar-refractivity contribution < 1.29 is 9.90 Å². The fourth-order valence-corrected chi connectivity index (χ4v) is 4.42. The largest absolute Gasteiger partial charge is 0.478 e. The Balaban J connectivity index is 1.49. The molecule has 0 saturated heterocycles. The van der Waals surface area contributed by atoms with Crippen molar-refractivity contribution >= 4 is 5.97 Å². The van der Waals surface area contributed by atoms with Crippen molar-refractivity contribution in [3.8, 4) is 33.8 Å².